The highest BCUT2D eigenvalue weighted by Crippen LogP contribution is 2.31. The average Bonchev–Trinajstić information content (AvgIpc) is 1.96. The van der Waals surface area contributed by atoms with Crippen molar-refractivity contribution in [1.29, 1.82) is 0 Å². The Morgan fingerprint density at radius 1 is 1.43 bits per heavy atom. The van der Waals surface area contributed by atoms with Crippen molar-refractivity contribution in [1.82, 2.24) is 0 Å². The van der Waals surface area contributed by atoms with Crippen LogP contribution in [-0.4, -0.2) is 30.0 Å². The number of rotatable bonds is 4. The molecule has 0 spiro atoms. The third-order valence-corrected chi connectivity index (χ3v) is 5.61. The van der Waals surface area contributed by atoms with E-state index in [9.17, 15) is 13.2 Å². The first-order chi connectivity index (χ1) is 6.27. The summed E-state index contributed by atoms with van der Waals surface area (Å²) >= 11 is 0. The Morgan fingerprint density at radius 3 is 2.21 bits per heavy atom. The van der Waals surface area contributed by atoms with Crippen molar-refractivity contribution in [2.45, 2.75) is 37.9 Å². The van der Waals surface area contributed by atoms with Gasteiger partial charge < -0.3 is 5.11 Å². The Hall–Kier alpha value is -0.580. The molecule has 0 amide bonds. The lowest BCUT2D eigenvalue weighted by Gasteiger charge is -2.28. The molecule has 0 aliphatic heterocycles. The van der Waals surface area contributed by atoms with Crippen LogP contribution < -0.4 is 0 Å². The first-order valence-electron chi connectivity index (χ1n) is 4.73. The fourth-order valence-electron chi connectivity index (χ4n) is 1.31. The van der Waals surface area contributed by atoms with Gasteiger partial charge in [-0.2, -0.15) is 0 Å². The number of carboxylic acid groups (broad SMARTS) is 1. The fraction of sp³-hybridized carbons (Fsp3) is 0.889. The van der Waals surface area contributed by atoms with Gasteiger partial charge in [-0.15, -0.1) is 0 Å². The minimum absolute atomic E-state index is 0.0201. The van der Waals surface area contributed by atoms with Gasteiger partial charge in [0.25, 0.3) is 0 Å². The predicted octanol–water partition coefficient (Wildman–Crippen LogP) is 1.06. The molecule has 0 bridgehead atoms. The first kappa shape index (κ1) is 11.5. The predicted molar refractivity (Wildman–Crippen MR) is 52.8 cm³/mol. The van der Waals surface area contributed by atoms with Gasteiger partial charge in [0.05, 0.1) is 5.75 Å². The molecular weight excluding hydrogens is 204 g/mol. The van der Waals surface area contributed by atoms with Gasteiger partial charge in [-0.25, -0.2) is 8.42 Å². The van der Waals surface area contributed by atoms with E-state index in [4.69, 9.17) is 5.11 Å². The van der Waals surface area contributed by atoms with E-state index in [1.165, 1.54) is 13.8 Å². The molecule has 0 unspecified atom stereocenters. The number of hydrogen-bond donors (Lipinski definition) is 1. The van der Waals surface area contributed by atoms with Gasteiger partial charge in [-0.3, -0.25) is 4.79 Å². The largest absolute Gasteiger partial charge is 0.480 e. The standard InChI is InChI=1S/C9H16O4S/c1-9(2,8(10)11)14(12,13)6-7-4-3-5-7/h7H,3-6H2,1-2H3,(H,10,11). The molecule has 0 aromatic rings. The van der Waals surface area contributed by atoms with Crippen LogP contribution in [0.1, 0.15) is 33.1 Å². The molecule has 1 rings (SSSR count). The van der Waals surface area contributed by atoms with Crippen molar-refractivity contribution in [3.63, 3.8) is 0 Å². The van der Waals surface area contributed by atoms with E-state index in [0.29, 0.717) is 0 Å². The monoisotopic (exact) mass is 220 g/mol. The maximum Gasteiger partial charge on any atom is 0.324 e. The van der Waals surface area contributed by atoms with E-state index in [0.717, 1.165) is 19.3 Å². The molecule has 1 fully saturated rings. The Balaban J connectivity index is 2.77. The van der Waals surface area contributed by atoms with E-state index in [2.05, 4.69) is 0 Å². The van der Waals surface area contributed by atoms with Crippen LogP contribution in [0.25, 0.3) is 0 Å². The molecular formula is C9H16O4S. The summed E-state index contributed by atoms with van der Waals surface area (Å²) in [4.78, 5) is 10.8. The average molecular weight is 220 g/mol. The zero-order valence-electron chi connectivity index (χ0n) is 8.49. The Labute approximate surface area is 84.2 Å². The second kappa shape index (κ2) is 3.53. The number of carboxylic acids is 1. The summed E-state index contributed by atoms with van der Waals surface area (Å²) in [7, 11) is -3.52. The summed E-state index contributed by atoms with van der Waals surface area (Å²) in [6.45, 7) is 2.51. The van der Waals surface area contributed by atoms with Crippen LogP contribution in [0.3, 0.4) is 0 Å². The second-order valence-electron chi connectivity index (χ2n) is 4.39. The zero-order valence-corrected chi connectivity index (χ0v) is 9.30. The molecule has 1 saturated carbocycles. The van der Waals surface area contributed by atoms with Crippen LogP contribution in [0.4, 0.5) is 0 Å². The van der Waals surface area contributed by atoms with Gasteiger partial charge in [0.15, 0.2) is 14.6 Å². The third-order valence-electron chi connectivity index (χ3n) is 2.97. The van der Waals surface area contributed by atoms with Crippen molar-refractivity contribution < 1.29 is 18.3 Å². The van der Waals surface area contributed by atoms with E-state index in [-0.39, 0.29) is 11.7 Å². The SMILES string of the molecule is CC(C)(C(=O)O)S(=O)(=O)CC1CCC1. The quantitative estimate of drug-likeness (QED) is 0.769. The molecule has 0 aromatic heterocycles. The van der Waals surface area contributed by atoms with Crippen molar-refractivity contribution in [3.05, 3.63) is 0 Å². The van der Waals surface area contributed by atoms with E-state index in [1.54, 1.807) is 0 Å². The summed E-state index contributed by atoms with van der Waals surface area (Å²) in [5, 5.41) is 8.80. The molecule has 14 heavy (non-hydrogen) atoms. The second-order valence-corrected chi connectivity index (χ2v) is 6.98. The number of carbonyl (C=O) groups is 1. The molecule has 1 N–H and O–H groups in total. The van der Waals surface area contributed by atoms with Crippen LogP contribution >= 0.6 is 0 Å². The Bertz CT molecular complexity index is 325. The van der Waals surface area contributed by atoms with Crippen LogP contribution in [0, 0.1) is 5.92 Å². The molecule has 0 radical (unpaired) electrons. The highest BCUT2D eigenvalue weighted by Gasteiger charge is 2.43. The Morgan fingerprint density at radius 2 is 1.93 bits per heavy atom. The van der Waals surface area contributed by atoms with Crippen molar-refractivity contribution in [2.75, 3.05) is 5.75 Å². The van der Waals surface area contributed by atoms with Gasteiger partial charge in [0, 0.05) is 0 Å². The molecule has 1 aliphatic carbocycles. The molecule has 0 aromatic carbocycles. The summed E-state index contributed by atoms with van der Waals surface area (Å²) in [6, 6.07) is 0. The summed E-state index contributed by atoms with van der Waals surface area (Å²) in [6.07, 6.45) is 2.89. The molecule has 5 heteroatoms. The highest BCUT2D eigenvalue weighted by atomic mass is 32.2. The van der Waals surface area contributed by atoms with Crippen LogP contribution in [0.5, 0.6) is 0 Å². The molecule has 0 atom stereocenters. The topological polar surface area (TPSA) is 71.4 Å². The van der Waals surface area contributed by atoms with Crippen molar-refractivity contribution in [3.8, 4) is 0 Å². The lowest BCUT2D eigenvalue weighted by atomic mass is 9.87. The molecule has 4 nitrogen and oxygen atoms in total. The maximum absolute atomic E-state index is 11.7. The number of hydrogen-bond acceptors (Lipinski definition) is 3. The third kappa shape index (κ3) is 1.92. The van der Waals surface area contributed by atoms with Gasteiger partial charge in [0.1, 0.15) is 0 Å². The summed E-state index contributed by atoms with van der Waals surface area (Å²) in [5.74, 6) is -1.07. The number of aliphatic carboxylic acids is 1. The van der Waals surface area contributed by atoms with Gasteiger partial charge in [-0.05, 0) is 32.6 Å². The lowest BCUT2D eigenvalue weighted by molar-refractivity contribution is -0.139. The fourth-order valence-corrected chi connectivity index (χ4v) is 2.95. The molecule has 0 heterocycles. The minimum Gasteiger partial charge on any atom is -0.480 e. The van der Waals surface area contributed by atoms with Gasteiger partial charge in [0.2, 0.25) is 0 Å². The molecule has 82 valence electrons. The van der Waals surface area contributed by atoms with Crippen LogP contribution in [0.2, 0.25) is 0 Å². The lowest BCUT2D eigenvalue weighted by Crippen LogP contribution is -2.44. The van der Waals surface area contributed by atoms with Crippen LogP contribution in [0.15, 0.2) is 0 Å². The first-order valence-corrected chi connectivity index (χ1v) is 6.38. The normalized spacial score (nSPS) is 19.0. The smallest absolute Gasteiger partial charge is 0.324 e. The summed E-state index contributed by atoms with van der Waals surface area (Å²) < 4.78 is 21.8. The van der Waals surface area contributed by atoms with Crippen molar-refractivity contribution >= 4 is 15.8 Å². The Kier molecular flexibility index (Phi) is 2.90. The molecule has 1 aliphatic rings. The van der Waals surface area contributed by atoms with Crippen molar-refractivity contribution in [2.24, 2.45) is 5.92 Å². The molecule has 0 saturated heterocycles. The van der Waals surface area contributed by atoms with Gasteiger partial charge >= 0.3 is 5.97 Å². The maximum atomic E-state index is 11.7. The summed E-state index contributed by atoms with van der Waals surface area (Å²) in [5.41, 5.74) is 0. The van der Waals surface area contributed by atoms with Crippen LogP contribution in [-0.2, 0) is 14.6 Å². The van der Waals surface area contributed by atoms with Gasteiger partial charge in [-0.1, -0.05) is 6.42 Å². The zero-order chi connectivity index (χ0) is 11.0. The highest BCUT2D eigenvalue weighted by molar-refractivity contribution is 7.93. The number of sulfone groups is 1. The minimum atomic E-state index is -3.52. The van der Waals surface area contributed by atoms with E-state index in [1.807, 2.05) is 0 Å². The van der Waals surface area contributed by atoms with E-state index >= 15 is 0 Å². The van der Waals surface area contributed by atoms with E-state index < -0.39 is 20.6 Å².